The first kappa shape index (κ1) is 76.5. The van der Waals surface area contributed by atoms with Gasteiger partial charge in [-0.2, -0.15) is 0 Å². The summed E-state index contributed by atoms with van der Waals surface area (Å²) in [7, 11) is 0. The maximum absolute atomic E-state index is 12.9. The molecule has 0 rings (SSSR count). The fraction of sp³-hybridized carbons (Fsp3) is 0.667. The van der Waals surface area contributed by atoms with Gasteiger partial charge in [0, 0.05) is 19.3 Å². The van der Waals surface area contributed by atoms with Crippen molar-refractivity contribution in [1.82, 2.24) is 0 Å². The van der Waals surface area contributed by atoms with Gasteiger partial charge in [-0.25, -0.2) is 0 Å². The molecule has 0 aliphatic carbocycles. The van der Waals surface area contributed by atoms with E-state index in [-0.39, 0.29) is 37.5 Å². The van der Waals surface area contributed by atoms with Gasteiger partial charge >= 0.3 is 17.9 Å². The van der Waals surface area contributed by atoms with Crippen molar-refractivity contribution in [2.45, 2.75) is 309 Å². The maximum atomic E-state index is 12.9. The van der Waals surface area contributed by atoms with Crippen LogP contribution in [0.2, 0.25) is 0 Å². The second-order valence-corrected chi connectivity index (χ2v) is 22.0. The molecule has 6 nitrogen and oxygen atoms in total. The molecule has 0 heterocycles. The van der Waals surface area contributed by atoms with Gasteiger partial charge in [-0.3, -0.25) is 14.4 Å². The fourth-order valence-corrected chi connectivity index (χ4v) is 9.16. The first-order valence-corrected chi connectivity index (χ1v) is 33.7. The number of unbranched alkanes of at least 4 members (excludes halogenated alkanes) is 27. The third-order valence-corrected chi connectivity index (χ3v) is 14.1. The second-order valence-electron chi connectivity index (χ2n) is 22.0. The summed E-state index contributed by atoms with van der Waals surface area (Å²) in [6.07, 6.45) is 96.3. The lowest BCUT2D eigenvalue weighted by Gasteiger charge is -2.18. The monoisotopic (exact) mass is 1120 g/mol. The molecule has 0 fully saturated rings. The molecule has 0 saturated carbocycles. The van der Waals surface area contributed by atoms with Gasteiger partial charge in [0.1, 0.15) is 13.2 Å². The molecule has 0 radical (unpaired) electrons. The van der Waals surface area contributed by atoms with Gasteiger partial charge in [-0.15, -0.1) is 0 Å². The van der Waals surface area contributed by atoms with Crippen molar-refractivity contribution in [3.63, 3.8) is 0 Å². The zero-order valence-electron chi connectivity index (χ0n) is 52.8. The Labute approximate surface area is 500 Å². The van der Waals surface area contributed by atoms with Crippen LogP contribution in [0, 0.1) is 0 Å². The highest BCUT2D eigenvalue weighted by atomic mass is 16.6. The molecular weight excluding hydrogens is 997 g/mol. The average molecular weight is 1120 g/mol. The quantitative estimate of drug-likeness (QED) is 0.0261. The normalized spacial score (nSPS) is 13.0. The van der Waals surface area contributed by atoms with E-state index in [0.29, 0.717) is 19.3 Å². The summed E-state index contributed by atoms with van der Waals surface area (Å²) in [5, 5.41) is 0. The Morgan fingerprint density at radius 2 is 0.506 bits per heavy atom. The van der Waals surface area contributed by atoms with Gasteiger partial charge in [0.15, 0.2) is 6.10 Å². The van der Waals surface area contributed by atoms with Gasteiger partial charge in [-0.1, -0.05) is 296 Å². The summed E-state index contributed by atoms with van der Waals surface area (Å²) in [4.78, 5) is 38.3. The Morgan fingerprint density at radius 3 is 0.827 bits per heavy atom. The SMILES string of the molecule is CC/C=C\C/C=C\C/C=C\C/C=C\CCCCCCCCCCCCC(=O)OC(COC(=O)CC/C=C\C/C=C\C/C=C\C/C=C\CC)COC(=O)CCCCCCCCCCCCCC/C=C\C/C=C\C/C=C\CCCCCCC. The standard InChI is InChI=1S/C75H124O6/c1-4-7-10-13-16-19-22-25-27-29-31-33-35-36-37-38-40-41-43-45-47-50-53-56-59-62-65-68-74(77)80-71-72(70-79-73(76)67-64-61-58-55-52-49-24-21-18-15-12-9-6-3)81-75(78)69-66-63-60-57-54-51-48-46-44-42-39-34-32-30-28-26-23-20-17-14-11-8-5-2/h8-9,11-12,17-18,20-22,25-26,28-29,31-32,34-36,49,52,58,61,72H,4-7,10,13-16,19,23-24,27,30,33,37-48,50-51,53-57,59-60,62-71H2,1-3H3/b11-8-,12-9-,20-17-,21-18-,25-22-,28-26-,31-29-,34-32-,36-35-,52-49-,61-58-. The fourth-order valence-electron chi connectivity index (χ4n) is 9.16. The first-order valence-electron chi connectivity index (χ1n) is 33.7. The van der Waals surface area contributed by atoms with Crippen LogP contribution in [0.15, 0.2) is 134 Å². The molecule has 0 aromatic carbocycles. The lowest BCUT2D eigenvalue weighted by molar-refractivity contribution is -0.166. The minimum absolute atomic E-state index is 0.105. The third-order valence-electron chi connectivity index (χ3n) is 14.1. The van der Waals surface area contributed by atoms with E-state index in [1.54, 1.807) is 0 Å². The molecule has 0 bridgehead atoms. The summed E-state index contributed by atoms with van der Waals surface area (Å²) >= 11 is 0. The van der Waals surface area contributed by atoms with E-state index in [4.69, 9.17) is 14.2 Å². The molecule has 0 spiro atoms. The summed E-state index contributed by atoms with van der Waals surface area (Å²) < 4.78 is 16.9. The lowest BCUT2D eigenvalue weighted by Crippen LogP contribution is -2.30. The Bertz CT molecular complexity index is 1720. The molecule has 0 aliphatic rings. The number of ether oxygens (including phenoxy) is 3. The zero-order chi connectivity index (χ0) is 58.5. The predicted octanol–water partition coefficient (Wildman–Crippen LogP) is 23.3. The molecule has 81 heavy (non-hydrogen) atoms. The van der Waals surface area contributed by atoms with Crippen LogP contribution in [0.4, 0.5) is 0 Å². The zero-order valence-corrected chi connectivity index (χ0v) is 52.8. The smallest absolute Gasteiger partial charge is 0.306 e. The van der Waals surface area contributed by atoms with Crippen LogP contribution in [0.25, 0.3) is 0 Å². The number of allylic oxidation sites excluding steroid dienone is 22. The highest BCUT2D eigenvalue weighted by Crippen LogP contribution is 2.16. The maximum Gasteiger partial charge on any atom is 0.306 e. The molecular formula is C75H124O6. The van der Waals surface area contributed by atoms with E-state index in [2.05, 4.69) is 148 Å². The van der Waals surface area contributed by atoms with Crippen LogP contribution in [0.1, 0.15) is 303 Å². The summed E-state index contributed by atoms with van der Waals surface area (Å²) in [5.74, 6) is -0.992. The van der Waals surface area contributed by atoms with Crippen LogP contribution in [0.5, 0.6) is 0 Å². The van der Waals surface area contributed by atoms with Crippen molar-refractivity contribution in [3.8, 4) is 0 Å². The summed E-state index contributed by atoms with van der Waals surface area (Å²) in [5.41, 5.74) is 0. The van der Waals surface area contributed by atoms with Crippen LogP contribution in [-0.2, 0) is 28.6 Å². The molecule has 6 heteroatoms. The van der Waals surface area contributed by atoms with Crippen LogP contribution in [0.3, 0.4) is 0 Å². The molecule has 0 amide bonds. The van der Waals surface area contributed by atoms with Gasteiger partial charge < -0.3 is 14.2 Å². The predicted molar refractivity (Wildman–Crippen MR) is 353 cm³/mol. The molecule has 1 atom stereocenters. The number of esters is 3. The van der Waals surface area contributed by atoms with Crippen molar-refractivity contribution in [2.24, 2.45) is 0 Å². The first-order chi connectivity index (χ1) is 40.0. The van der Waals surface area contributed by atoms with Crippen molar-refractivity contribution >= 4 is 17.9 Å². The molecule has 0 N–H and O–H groups in total. The van der Waals surface area contributed by atoms with Crippen LogP contribution < -0.4 is 0 Å². The Morgan fingerprint density at radius 1 is 0.259 bits per heavy atom. The molecule has 460 valence electrons. The van der Waals surface area contributed by atoms with E-state index < -0.39 is 6.10 Å². The molecule has 0 aromatic heterocycles. The van der Waals surface area contributed by atoms with E-state index in [1.807, 2.05) is 6.08 Å². The number of hydrogen-bond acceptors (Lipinski definition) is 6. The van der Waals surface area contributed by atoms with Crippen molar-refractivity contribution in [2.75, 3.05) is 13.2 Å². The van der Waals surface area contributed by atoms with E-state index in [9.17, 15) is 14.4 Å². The third kappa shape index (κ3) is 66.2. The summed E-state index contributed by atoms with van der Waals surface area (Å²) in [6, 6.07) is 0. The van der Waals surface area contributed by atoms with E-state index in [1.165, 1.54) is 154 Å². The van der Waals surface area contributed by atoms with Gasteiger partial charge in [0.05, 0.1) is 0 Å². The Balaban J connectivity index is 4.35. The van der Waals surface area contributed by atoms with Crippen molar-refractivity contribution in [3.05, 3.63) is 134 Å². The highest BCUT2D eigenvalue weighted by Gasteiger charge is 2.19. The van der Waals surface area contributed by atoms with Gasteiger partial charge in [-0.05, 0) is 122 Å². The topological polar surface area (TPSA) is 78.9 Å². The molecule has 0 aliphatic heterocycles. The Kier molecular flexibility index (Phi) is 64.3. The van der Waals surface area contributed by atoms with Crippen LogP contribution >= 0.6 is 0 Å². The minimum atomic E-state index is -0.816. The number of rotatable bonds is 60. The van der Waals surface area contributed by atoms with Crippen molar-refractivity contribution < 1.29 is 28.6 Å². The highest BCUT2D eigenvalue weighted by molar-refractivity contribution is 5.71. The Hall–Kier alpha value is -4.45. The summed E-state index contributed by atoms with van der Waals surface area (Å²) in [6.45, 7) is 6.35. The van der Waals surface area contributed by atoms with E-state index in [0.717, 1.165) is 103 Å². The average Bonchev–Trinajstić information content (AvgIpc) is 3.46. The number of carbonyl (C=O) groups excluding carboxylic acids is 3. The number of hydrogen-bond donors (Lipinski definition) is 0. The van der Waals surface area contributed by atoms with Crippen molar-refractivity contribution in [1.29, 1.82) is 0 Å². The van der Waals surface area contributed by atoms with Crippen LogP contribution in [-0.4, -0.2) is 37.2 Å². The van der Waals surface area contributed by atoms with Gasteiger partial charge in [0.25, 0.3) is 0 Å². The second kappa shape index (κ2) is 68.1. The largest absolute Gasteiger partial charge is 0.462 e. The number of carbonyl (C=O) groups is 3. The molecule has 0 saturated heterocycles. The minimum Gasteiger partial charge on any atom is -0.462 e. The lowest BCUT2D eigenvalue weighted by atomic mass is 10.0. The molecule has 1 unspecified atom stereocenters. The molecule has 0 aromatic rings. The van der Waals surface area contributed by atoms with E-state index >= 15 is 0 Å². The van der Waals surface area contributed by atoms with Gasteiger partial charge in [0.2, 0.25) is 0 Å².